The molecule has 0 heterocycles. The Morgan fingerprint density at radius 2 is 1.95 bits per heavy atom. The maximum absolute atomic E-state index is 10.2. The van der Waals surface area contributed by atoms with Gasteiger partial charge in [0.25, 0.3) is 0 Å². The fourth-order valence-corrected chi connectivity index (χ4v) is 1.65. The zero-order chi connectivity index (χ0) is 14.5. The fourth-order valence-electron chi connectivity index (χ4n) is 1.65. The molecule has 1 unspecified atom stereocenters. The van der Waals surface area contributed by atoms with Crippen LogP contribution >= 0.6 is 0 Å². The Bertz CT molecular complexity index is 402. The summed E-state index contributed by atoms with van der Waals surface area (Å²) in [6, 6.07) is 5.73. The zero-order valence-electron chi connectivity index (χ0n) is 12.5. The molecule has 0 aliphatic rings. The van der Waals surface area contributed by atoms with Crippen molar-refractivity contribution in [3.63, 3.8) is 0 Å². The van der Waals surface area contributed by atoms with Gasteiger partial charge in [0.05, 0.1) is 19.8 Å². The van der Waals surface area contributed by atoms with Crippen LogP contribution in [0.15, 0.2) is 18.2 Å². The van der Waals surface area contributed by atoms with Crippen molar-refractivity contribution in [2.75, 3.05) is 20.8 Å². The molecule has 1 aromatic carbocycles. The normalized spacial score (nSPS) is 14.3. The van der Waals surface area contributed by atoms with E-state index in [0.717, 1.165) is 17.1 Å². The maximum Gasteiger partial charge on any atom is 0.127 e. The molecule has 0 amide bonds. The van der Waals surface area contributed by atoms with Gasteiger partial charge in [0.2, 0.25) is 0 Å². The van der Waals surface area contributed by atoms with Gasteiger partial charge in [-0.05, 0) is 18.9 Å². The second-order valence-corrected chi connectivity index (χ2v) is 5.29. The molecule has 0 saturated carbocycles. The van der Waals surface area contributed by atoms with E-state index in [0.29, 0.717) is 13.1 Å². The fraction of sp³-hybridized carbons (Fsp3) is 0.600. The number of nitrogens with one attached hydrogen (secondary N) is 1. The molecule has 0 aliphatic carbocycles. The molecular weight excluding hydrogens is 242 g/mol. The highest BCUT2D eigenvalue weighted by atomic mass is 16.5. The van der Waals surface area contributed by atoms with E-state index in [1.54, 1.807) is 14.2 Å². The van der Waals surface area contributed by atoms with Crippen molar-refractivity contribution in [2.24, 2.45) is 5.92 Å². The van der Waals surface area contributed by atoms with Gasteiger partial charge in [-0.3, -0.25) is 0 Å². The van der Waals surface area contributed by atoms with Crippen LogP contribution in [0.25, 0.3) is 0 Å². The highest BCUT2D eigenvalue weighted by Gasteiger charge is 2.24. The van der Waals surface area contributed by atoms with Crippen molar-refractivity contribution in [1.29, 1.82) is 0 Å². The number of aliphatic hydroxyl groups is 1. The number of benzene rings is 1. The first-order chi connectivity index (χ1) is 8.90. The van der Waals surface area contributed by atoms with Gasteiger partial charge in [0.1, 0.15) is 11.5 Å². The number of hydrogen-bond acceptors (Lipinski definition) is 4. The summed E-state index contributed by atoms with van der Waals surface area (Å²) in [4.78, 5) is 0. The Kier molecular flexibility index (Phi) is 5.63. The average molecular weight is 267 g/mol. The number of hydrogen-bond donors (Lipinski definition) is 2. The van der Waals surface area contributed by atoms with Crippen LogP contribution in [0.3, 0.4) is 0 Å². The predicted octanol–water partition coefficient (Wildman–Crippen LogP) is 2.20. The van der Waals surface area contributed by atoms with E-state index in [4.69, 9.17) is 9.47 Å². The largest absolute Gasteiger partial charge is 0.497 e. The lowest BCUT2D eigenvalue weighted by Crippen LogP contribution is -2.41. The molecule has 1 rings (SSSR count). The maximum atomic E-state index is 10.2. The van der Waals surface area contributed by atoms with E-state index in [2.05, 4.69) is 5.32 Å². The van der Waals surface area contributed by atoms with Gasteiger partial charge >= 0.3 is 0 Å². The Morgan fingerprint density at radius 1 is 1.26 bits per heavy atom. The lowest BCUT2D eigenvalue weighted by Gasteiger charge is -2.28. The SMILES string of the molecule is COc1ccc(CNCC(C)(O)C(C)C)c(OC)c1. The molecular formula is C15H25NO3. The number of ether oxygens (including phenoxy) is 2. The molecule has 0 bridgehead atoms. The number of rotatable bonds is 7. The molecule has 0 spiro atoms. The summed E-state index contributed by atoms with van der Waals surface area (Å²) in [5.41, 5.74) is 0.336. The second kappa shape index (κ2) is 6.78. The van der Waals surface area contributed by atoms with Crippen LogP contribution in [0.5, 0.6) is 11.5 Å². The predicted molar refractivity (Wildman–Crippen MR) is 76.7 cm³/mol. The summed E-state index contributed by atoms with van der Waals surface area (Å²) in [7, 11) is 3.27. The first-order valence-electron chi connectivity index (χ1n) is 6.54. The van der Waals surface area contributed by atoms with Crippen LogP contribution < -0.4 is 14.8 Å². The molecule has 1 aromatic rings. The lowest BCUT2D eigenvalue weighted by atomic mass is 9.92. The molecule has 0 aliphatic heterocycles. The van der Waals surface area contributed by atoms with Crippen molar-refractivity contribution >= 4 is 0 Å². The minimum Gasteiger partial charge on any atom is -0.497 e. The summed E-state index contributed by atoms with van der Waals surface area (Å²) in [5.74, 6) is 1.77. The van der Waals surface area contributed by atoms with Gasteiger partial charge < -0.3 is 19.9 Å². The minimum atomic E-state index is -0.709. The Morgan fingerprint density at radius 3 is 2.47 bits per heavy atom. The third-order valence-corrected chi connectivity index (χ3v) is 3.54. The summed E-state index contributed by atoms with van der Waals surface area (Å²) in [6.45, 7) is 7.05. The van der Waals surface area contributed by atoms with Gasteiger partial charge in [-0.25, -0.2) is 0 Å². The van der Waals surface area contributed by atoms with Crippen LogP contribution in [0.4, 0.5) is 0 Å². The molecule has 0 fully saturated rings. The molecule has 19 heavy (non-hydrogen) atoms. The molecule has 4 nitrogen and oxygen atoms in total. The third kappa shape index (κ3) is 4.40. The first kappa shape index (κ1) is 15.8. The highest BCUT2D eigenvalue weighted by Crippen LogP contribution is 2.24. The van der Waals surface area contributed by atoms with E-state index >= 15 is 0 Å². The van der Waals surface area contributed by atoms with E-state index in [1.807, 2.05) is 39.0 Å². The summed E-state index contributed by atoms with van der Waals surface area (Å²) in [5, 5.41) is 13.4. The molecule has 0 aromatic heterocycles. The van der Waals surface area contributed by atoms with Crippen LogP contribution in [-0.2, 0) is 6.54 Å². The van der Waals surface area contributed by atoms with Crippen molar-refractivity contribution < 1.29 is 14.6 Å². The van der Waals surface area contributed by atoms with Crippen LogP contribution in [0, 0.1) is 5.92 Å². The van der Waals surface area contributed by atoms with Gasteiger partial charge in [-0.2, -0.15) is 0 Å². The van der Waals surface area contributed by atoms with Gasteiger partial charge in [0, 0.05) is 24.7 Å². The molecule has 4 heteroatoms. The summed E-state index contributed by atoms with van der Waals surface area (Å²) >= 11 is 0. The molecule has 0 saturated heterocycles. The van der Waals surface area contributed by atoms with Gasteiger partial charge in [-0.15, -0.1) is 0 Å². The number of methoxy groups -OCH3 is 2. The average Bonchev–Trinajstić information content (AvgIpc) is 2.38. The van der Waals surface area contributed by atoms with Gasteiger partial charge in [-0.1, -0.05) is 19.9 Å². The topological polar surface area (TPSA) is 50.7 Å². The standard InChI is InChI=1S/C15H25NO3/c1-11(2)15(3,17)10-16-9-12-6-7-13(18-4)8-14(12)19-5/h6-8,11,16-17H,9-10H2,1-5H3. The summed E-state index contributed by atoms with van der Waals surface area (Å²) < 4.78 is 10.5. The van der Waals surface area contributed by atoms with Crippen LogP contribution in [0.2, 0.25) is 0 Å². The quantitative estimate of drug-likeness (QED) is 0.795. The van der Waals surface area contributed by atoms with Crippen molar-refractivity contribution in [3.8, 4) is 11.5 Å². The first-order valence-corrected chi connectivity index (χ1v) is 6.54. The molecule has 108 valence electrons. The van der Waals surface area contributed by atoms with Crippen LogP contribution in [0.1, 0.15) is 26.3 Å². The van der Waals surface area contributed by atoms with E-state index in [-0.39, 0.29) is 5.92 Å². The smallest absolute Gasteiger partial charge is 0.127 e. The van der Waals surface area contributed by atoms with E-state index < -0.39 is 5.60 Å². The third-order valence-electron chi connectivity index (χ3n) is 3.54. The molecule has 1 atom stereocenters. The Labute approximate surface area is 115 Å². The summed E-state index contributed by atoms with van der Waals surface area (Å²) in [6.07, 6.45) is 0. The van der Waals surface area contributed by atoms with Gasteiger partial charge in [0.15, 0.2) is 0 Å². The molecule has 2 N–H and O–H groups in total. The van der Waals surface area contributed by atoms with Crippen molar-refractivity contribution in [1.82, 2.24) is 5.32 Å². The Hall–Kier alpha value is -1.26. The van der Waals surface area contributed by atoms with Crippen molar-refractivity contribution in [2.45, 2.75) is 32.9 Å². The second-order valence-electron chi connectivity index (χ2n) is 5.29. The van der Waals surface area contributed by atoms with Crippen molar-refractivity contribution in [3.05, 3.63) is 23.8 Å². The monoisotopic (exact) mass is 267 g/mol. The zero-order valence-corrected chi connectivity index (χ0v) is 12.5. The van der Waals surface area contributed by atoms with E-state index in [1.165, 1.54) is 0 Å². The minimum absolute atomic E-state index is 0.206. The highest BCUT2D eigenvalue weighted by molar-refractivity contribution is 5.40. The Balaban J connectivity index is 2.63. The molecule has 0 radical (unpaired) electrons. The van der Waals surface area contributed by atoms with E-state index in [9.17, 15) is 5.11 Å². The lowest BCUT2D eigenvalue weighted by molar-refractivity contribution is 0.0139. The van der Waals surface area contributed by atoms with Crippen LogP contribution in [-0.4, -0.2) is 31.5 Å².